The van der Waals surface area contributed by atoms with Gasteiger partial charge in [-0.3, -0.25) is 4.79 Å². The predicted octanol–water partition coefficient (Wildman–Crippen LogP) is 1.89. The van der Waals surface area contributed by atoms with Crippen LogP contribution in [0.1, 0.15) is 25.7 Å². The van der Waals surface area contributed by atoms with Crippen LogP contribution in [0.25, 0.3) is 11.4 Å². The first-order valence-corrected chi connectivity index (χ1v) is 8.64. The number of nitrogens with one attached hydrogen (secondary N) is 1. The SMILES string of the molecule is COc1ccc(-c2noc(CCCC(=O)N3CCNC(C)C3)n2)cc1. The number of aryl methyl sites for hydroxylation is 1. The van der Waals surface area contributed by atoms with E-state index in [0.717, 1.165) is 30.9 Å². The monoisotopic (exact) mass is 344 g/mol. The van der Waals surface area contributed by atoms with Gasteiger partial charge in [-0.05, 0) is 37.6 Å². The Labute approximate surface area is 147 Å². The van der Waals surface area contributed by atoms with Gasteiger partial charge in [-0.15, -0.1) is 0 Å². The number of ether oxygens (including phenoxy) is 1. The van der Waals surface area contributed by atoms with Crippen molar-refractivity contribution in [2.75, 3.05) is 26.7 Å². The molecule has 0 spiro atoms. The molecule has 7 nitrogen and oxygen atoms in total. The van der Waals surface area contributed by atoms with Crippen LogP contribution in [0.15, 0.2) is 28.8 Å². The normalized spacial score (nSPS) is 17.5. The summed E-state index contributed by atoms with van der Waals surface area (Å²) >= 11 is 0. The zero-order chi connectivity index (χ0) is 17.6. The number of nitrogens with zero attached hydrogens (tertiary/aromatic N) is 3. The van der Waals surface area contributed by atoms with E-state index in [-0.39, 0.29) is 5.91 Å². The molecule has 25 heavy (non-hydrogen) atoms. The lowest BCUT2D eigenvalue weighted by atomic mass is 10.1. The maximum absolute atomic E-state index is 12.2. The van der Waals surface area contributed by atoms with Crippen molar-refractivity contribution in [3.05, 3.63) is 30.2 Å². The molecule has 1 amide bonds. The highest BCUT2D eigenvalue weighted by Gasteiger charge is 2.20. The number of hydrogen-bond donors (Lipinski definition) is 1. The van der Waals surface area contributed by atoms with Crippen LogP contribution in [0.5, 0.6) is 5.75 Å². The Balaban J connectivity index is 1.49. The molecule has 1 atom stereocenters. The third kappa shape index (κ3) is 4.57. The fourth-order valence-corrected chi connectivity index (χ4v) is 2.92. The highest BCUT2D eigenvalue weighted by molar-refractivity contribution is 5.76. The number of benzene rings is 1. The van der Waals surface area contributed by atoms with Gasteiger partial charge in [0.15, 0.2) is 0 Å². The highest BCUT2D eigenvalue weighted by atomic mass is 16.5. The molecule has 0 bridgehead atoms. The van der Waals surface area contributed by atoms with Crippen LogP contribution in [0.4, 0.5) is 0 Å². The van der Waals surface area contributed by atoms with Gasteiger partial charge in [-0.1, -0.05) is 5.16 Å². The molecular weight excluding hydrogens is 320 g/mol. The average molecular weight is 344 g/mol. The minimum Gasteiger partial charge on any atom is -0.497 e. The van der Waals surface area contributed by atoms with Crippen molar-refractivity contribution in [2.24, 2.45) is 0 Å². The zero-order valence-electron chi connectivity index (χ0n) is 14.7. The predicted molar refractivity (Wildman–Crippen MR) is 93.3 cm³/mol. The van der Waals surface area contributed by atoms with Gasteiger partial charge in [0, 0.05) is 44.1 Å². The largest absolute Gasteiger partial charge is 0.497 e. The van der Waals surface area contributed by atoms with E-state index in [2.05, 4.69) is 22.4 Å². The summed E-state index contributed by atoms with van der Waals surface area (Å²) in [5.41, 5.74) is 0.877. The van der Waals surface area contributed by atoms with Gasteiger partial charge in [0.2, 0.25) is 17.6 Å². The Morgan fingerprint density at radius 2 is 2.20 bits per heavy atom. The number of carbonyl (C=O) groups excluding carboxylic acids is 1. The Morgan fingerprint density at radius 1 is 1.40 bits per heavy atom. The summed E-state index contributed by atoms with van der Waals surface area (Å²) in [6.45, 7) is 4.52. The average Bonchev–Trinajstić information content (AvgIpc) is 3.10. The van der Waals surface area contributed by atoms with Gasteiger partial charge in [-0.2, -0.15) is 4.98 Å². The van der Waals surface area contributed by atoms with Crippen molar-refractivity contribution in [3.63, 3.8) is 0 Å². The molecular formula is C18H24N4O3. The van der Waals surface area contributed by atoms with Crippen molar-refractivity contribution in [3.8, 4) is 17.1 Å². The van der Waals surface area contributed by atoms with Crippen molar-refractivity contribution < 1.29 is 14.1 Å². The molecule has 134 valence electrons. The van der Waals surface area contributed by atoms with Crippen LogP contribution in [0, 0.1) is 0 Å². The number of rotatable bonds is 6. The Hall–Kier alpha value is -2.41. The van der Waals surface area contributed by atoms with E-state index >= 15 is 0 Å². The lowest BCUT2D eigenvalue weighted by molar-refractivity contribution is -0.132. The van der Waals surface area contributed by atoms with Crippen LogP contribution >= 0.6 is 0 Å². The molecule has 1 N–H and O–H groups in total. The first-order valence-electron chi connectivity index (χ1n) is 8.64. The van der Waals surface area contributed by atoms with E-state index in [9.17, 15) is 4.79 Å². The van der Waals surface area contributed by atoms with Crippen molar-refractivity contribution in [2.45, 2.75) is 32.2 Å². The number of amides is 1. The molecule has 1 fully saturated rings. The summed E-state index contributed by atoms with van der Waals surface area (Å²) in [6, 6.07) is 7.86. The minimum atomic E-state index is 0.197. The molecule has 0 saturated carbocycles. The van der Waals surface area contributed by atoms with E-state index < -0.39 is 0 Å². The summed E-state index contributed by atoms with van der Waals surface area (Å²) in [5.74, 6) is 2.10. The summed E-state index contributed by atoms with van der Waals surface area (Å²) in [7, 11) is 1.63. The van der Waals surface area contributed by atoms with E-state index in [1.807, 2.05) is 29.2 Å². The van der Waals surface area contributed by atoms with Gasteiger partial charge in [0.05, 0.1) is 7.11 Å². The summed E-state index contributed by atoms with van der Waals surface area (Å²) < 4.78 is 10.4. The van der Waals surface area contributed by atoms with Crippen molar-refractivity contribution in [1.29, 1.82) is 0 Å². The van der Waals surface area contributed by atoms with Crippen LogP contribution < -0.4 is 10.1 Å². The van der Waals surface area contributed by atoms with Gasteiger partial charge >= 0.3 is 0 Å². The first kappa shape index (κ1) is 17.4. The van der Waals surface area contributed by atoms with Crippen LogP contribution in [-0.4, -0.2) is 53.7 Å². The second kappa shape index (κ2) is 8.11. The lowest BCUT2D eigenvalue weighted by Crippen LogP contribution is -2.51. The first-order chi connectivity index (χ1) is 12.2. The van der Waals surface area contributed by atoms with Crippen molar-refractivity contribution >= 4 is 5.91 Å². The standard InChI is InChI=1S/C18H24N4O3/c1-13-12-22(11-10-19-13)17(23)5-3-4-16-20-18(21-25-16)14-6-8-15(24-2)9-7-14/h6-9,13,19H,3-5,10-12H2,1-2H3. The molecule has 2 aromatic rings. The summed E-state index contributed by atoms with van der Waals surface area (Å²) in [5, 5.41) is 7.35. The molecule has 0 radical (unpaired) electrons. The maximum atomic E-state index is 12.2. The molecule has 1 aliphatic heterocycles. The fraction of sp³-hybridized carbons (Fsp3) is 0.500. The van der Waals surface area contributed by atoms with Gasteiger partial charge in [-0.25, -0.2) is 0 Å². The summed E-state index contributed by atoms with van der Waals surface area (Å²) in [4.78, 5) is 18.6. The minimum absolute atomic E-state index is 0.197. The lowest BCUT2D eigenvalue weighted by Gasteiger charge is -2.31. The molecule has 2 heterocycles. The van der Waals surface area contributed by atoms with Gasteiger partial charge in [0.1, 0.15) is 5.75 Å². The smallest absolute Gasteiger partial charge is 0.226 e. The zero-order valence-corrected chi connectivity index (χ0v) is 14.7. The topological polar surface area (TPSA) is 80.5 Å². The second-order valence-corrected chi connectivity index (χ2v) is 6.29. The molecule has 1 aliphatic rings. The van der Waals surface area contributed by atoms with Crippen LogP contribution in [-0.2, 0) is 11.2 Å². The van der Waals surface area contributed by atoms with Gasteiger partial charge in [0.25, 0.3) is 0 Å². The molecule has 0 aliphatic carbocycles. The number of piperazine rings is 1. The van der Waals surface area contributed by atoms with Crippen LogP contribution in [0.2, 0.25) is 0 Å². The second-order valence-electron chi connectivity index (χ2n) is 6.29. The third-order valence-corrected chi connectivity index (χ3v) is 4.32. The van der Waals surface area contributed by atoms with Crippen molar-refractivity contribution in [1.82, 2.24) is 20.4 Å². The molecule has 1 aromatic carbocycles. The van der Waals surface area contributed by atoms with Gasteiger partial charge < -0.3 is 19.5 Å². The maximum Gasteiger partial charge on any atom is 0.226 e. The number of aromatic nitrogens is 2. The fourth-order valence-electron chi connectivity index (χ4n) is 2.92. The highest BCUT2D eigenvalue weighted by Crippen LogP contribution is 2.20. The number of hydrogen-bond acceptors (Lipinski definition) is 6. The Morgan fingerprint density at radius 3 is 2.92 bits per heavy atom. The summed E-state index contributed by atoms with van der Waals surface area (Å²) in [6.07, 6.45) is 1.82. The Kier molecular flexibility index (Phi) is 5.65. The van der Waals surface area contributed by atoms with E-state index in [0.29, 0.717) is 37.0 Å². The molecule has 1 saturated heterocycles. The van der Waals surface area contributed by atoms with E-state index in [1.165, 1.54) is 0 Å². The molecule has 1 unspecified atom stereocenters. The quantitative estimate of drug-likeness (QED) is 0.862. The van der Waals surface area contributed by atoms with Crippen LogP contribution in [0.3, 0.4) is 0 Å². The number of carbonyl (C=O) groups is 1. The molecule has 7 heteroatoms. The Bertz CT molecular complexity index is 699. The van der Waals surface area contributed by atoms with E-state index in [1.54, 1.807) is 7.11 Å². The number of methoxy groups -OCH3 is 1. The third-order valence-electron chi connectivity index (χ3n) is 4.32. The molecule has 3 rings (SSSR count). The molecule has 1 aromatic heterocycles. The van der Waals surface area contributed by atoms with E-state index in [4.69, 9.17) is 9.26 Å².